The predicted octanol–water partition coefficient (Wildman–Crippen LogP) is 3.31. The zero-order valence-corrected chi connectivity index (χ0v) is 15.8. The second kappa shape index (κ2) is 7.08. The van der Waals surface area contributed by atoms with Crippen molar-refractivity contribution < 1.29 is 4.79 Å². The lowest BCUT2D eigenvalue weighted by atomic mass is 9.94. The summed E-state index contributed by atoms with van der Waals surface area (Å²) in [6.07, 6.45) is 9.67. The summed E-state index contributed by atoms with van der Waals surface area (Å²) >= 11 is 0. The number of hydrogen-bond donors (Lipinski definition) is 0. The summed E-state index contributed by atoms with van der Waals surface area (Å²) < 4.78 is 0. The van der Waals surface area contributed by atoms with Gasteiger partial charge < -0.3 is 4.90 Å². The zero-order valence-electron chi connectivity index (χ0n) is 15.8. The molecule has 2 atom stereocenters. The maximum absolute atomic E-state index is 13.3. The van der Waals surface area contributed by atoms with Crippen LogP contribution in [0.15, 0.2) is 42.7 Å². The maximum atomic E-state index is 13.3. The van der Waals surface area contributed by atoms with E-state index < -0.39 is 0 Å². The van der Waals surface area contributed by atoms with Crippen LogP contribution in [0.25, 0.3) is 0 Å². The molecule has 3 aliphatic heterocycles. The monoisotopic (exact) mass is 361 g/mol. The van der Waals surface area contributed by atoms with Crippen molar-refractivity contribution in [2.24, 2.45) is 5.92 Å². The Balaban J connectivity index is 1.33. The molecule has 4 aliphatic rings. The second-order valence-corrected chi connectivity index (χ2v) is 8.45. The summed E-state index contributed by atoms with van der Waals surface area (Å²) in [4.78, 5) is 22.2. The Bertz CT molecular complexity index is 835. The van der Waals surface area contributed by atoms with Crippen LogP contribution >= 0.6 is 0 Å². The number of pyridine rings is 1. The molecular weight excluding hydrogens is 334 g/mol. The number of carbonyl (C=O) groups is 1. The molecule has 1 aromatic carbocycles. The normalized spacial score (nSPS) is 24.7. The lowest BCUT2D eigenvalue weighted by molar-refractivity contribution is 0.0585. The van der Waals surface area contributed by atoms with Gasteiger partial charge in [-0.15, -0.1) is 0 Å². The fourth-order valence-electron chi connectivity index (χ4n) is 5.18. The van der Waals surface area contributed by atoms with Crippen LogP contribution in [-0.2, 0) is 19.4 Å². The first kappa shape index (κ1) is 16.9. The highest BCUT2D eigenvalue weighted by atomic mass is 16.2. The number of hydrogen-bond acceptors (Lipinski definition) is 3. The number of nitrogens with zero attached hydrogens (tertiary/aromatic N) is 3. The van der Waals surface area contributed by atoms with Gasteiger partial charge in [0.2, 0.25) is 0 Å². The molecule has 0 saturated carbocycles. The van der Waals surface area contributed by atoms with Gasteiger partial charge in [0, 0.05) is 50.2 Å². The zero-order chi connectivity index (χ0) is 18.2. The molecule has 1 aromatic heterocycles. The van der Waals surface area contributed by atoms with E-state index in [1.165, 1.54) is 36.0 Å². The summed E-state index contributed by atoms with van der Waals surface area (Å²) in [5.74, 6) is 0.821. The molecule has 0 N–H and O–H groups in total. The third kappa shape index (κ3) is 3.39. The molecule has 2 aromatic rings. The second-order valence-electron chi connectivity index (χ2n) is 8.45. The molecule has 3 fully saturated rings. The topological polar surface area (TPSA) is 36.4 Å². The molecule has 3 saturated heterocycles. The number of aryl methyl sites for hydroxylation is 2. The molecular formula is C23H27N3O. The van der Waals surface area contributed by atoms with Gasteiger partial charge in [0.25, 0.3) is 5.91 Å². The predicted molar refractivity (Wildman–Crippen MR) is 106 cm³/mol. The van der Waals surface area contributed by atoms with Gasteiger partial charge in [-0.2, -0.15) is 0 Å². The van der Waals surface area contributed by atoms with Crippen molar-refractivity contribution in [1.29, 1.82) is 0 Å². The van der Waals surface area contributed by atoms with Crippen LogP contribution in [0.1, 0.15) is 46.3 Å². The minimum absolute atomic E-state index is 0.239. The summed E-state index contributed by atoms with van der Waals surface area (Å²) in [5.41, 5.74) is 4.97. The highest BCUT2D eigenvalue weighted by molar-refractivity contribution is 5.95. The number of piperidine rings is 1. The van der Waals surface area contributed by atoms with Crippen LogP contribution < -0.4 is 0 Å². The summed E-state index contributed by atoms with van der Waals surface area (Å²) in [6.45, 7) is 3.90. The van der Waals surface area contributed by atoms with Crippen molar-refractivity contribution in [2.45, 2.75) is 44.7 Å². The van der Waals surface area contributed by atoms with Crippen molar-refractivity contribution in [3.05, 3.63) is 65.0 Å². The number of amides is 1. The number of aromatic nitrogens is 1. The summed E-state index contributed by atoms with van der Waals surface area (Å²) in [7, 11) is 0. The lowest BCUT2D eigenvalue weighted by Gasteiger charge is -2.36. The number of carbonyl (C=O) groups excluding carboxylic acids is 1. The van der Waals surface area contributed by atoms with Crippen LogP contribution in [0.4, 0.5) is 0 Å². The van der Waals surface area contributed by atoms with E-state index in [0.29, 0.717) is 12.0 Å². The Labute approximate surface area is 161 Å². The van der Waals surface area contributed by atoms with Crippen LogP contribution in [0.5, 0.6) is 0 Å². The van der Waals surface area contributed by atoms with E-state index in [0.717, 1.165) is 44.6 Å². The van der Waals surface area contributed by atoms with Crippen molar-refractivity contribution in [3.63, 3.8) is 0 Å². The fraction of sp³-hybridized carbons (Fsp3) is 0.478. The molecule has 4 heteroatoms. The van der Waals surface area contributed by atoms with Crippen LogP contribution in [0.3, 0.4) is 0 Å². The largest absolute Gasteiger partial charge is 0.334 e. The maximum Gasteiger partial charge on any atom is 0.254 e. The van der Waals surface area contributed by atoms with E-state index in [1.807, 2.05) is 18.5 Å². The lowest BCUT2D eigenvalue weighted by Crippen LogP contribution is -2.47. The highest BCUT2D eigenvalue weighted by Gasteiger charge is 2.37. The summed E-state index contributed by atoms with van der Waals surface area (Å²) in [5, 5.41) is 0. The molecule has 1 aliphatic carbocycles. The number of rotatable bonds is 3. The average Bonchev–Trinajstić information content (AvgIpc) is 3.00. The molecule has 0 radical (unpaired) electrons. The van der Waals surface area contributed by atoms with Crippen molar-refractivity contribution in [3.8, 4) is 0 Å². The van der Waals surface area contributed by atoms with E-state index in [1.54, 1.807) is 0 Å². The van der Waals surface area contributed by atoms with Gasteiger partial charge in [-0.05, 0) is 72.9 Å². The van der Waals surface area contributed by atoms with Gasteiger partial charge in [0.15, 0.2) is 0 Å². The molecule has 4 heterocycles. The fourth-order valence-corrected chi connectivity index (χ4v) is 5.18. The van der Waals surface area contributed by atoms with Gasteiger partial charge in [-0.25, -0.2) is 0 Å². The molecule has 0 spiro atoms. The first-order chi connectivity index (χ1) is 13.3. The van der Waals surface area contributed by atoms with Gasteiger partial charge in [0.1, 0.15) is 0 Å². The van der Waals surface area contributed by atoms with E-state index in [2.05, 4.69) is 39.0 Å². The highest BCUT2D eigenvalue weighted by Crippen LogP contribution is 2.31. The molecule has 0 unspecified atom stereocenters. The third-order valence-corrected chi connectivity index (χ3v) is 6.52. The van der Waals surface area contributed by atoms with E-state index in [-0.39, 0.29) is 5.91 Å². The molecule has 4 nitrogen and oxygen atoms in total. The quantitative estimate of drug-likeness (QED) is 0.842. The first-order valence-electron chi connectivity index (χ1n) is 10.3. The Morgan fingerprint density at radius 2 is 2.00 bits per heavy atom. The Morgan fingerprint density at radius 1 is 1.07 bits per heavy atom. The first-order valence-corrected chi connectivity index (χ1v) is 10.3. The standard InChI is InChI=1S/C23H27N3O/c27-23(21-8-7-19-4-1-5-20(19)11-21)26-15-18-6-9-22(26)16-25(14-18)13-17-3-2-10-24-12-17/h2-3,7-8,10-12,18,22H,1,4-6,9,13-16H2/t18-,22+/m0/s1. The van der Waals surface area contributed by atoms with E-state index >= 15 is 0 Å². The average molecular weight is 361 g/mol. The van der Waals surface area contributed by atoms with Crippen LogP contribution in [0.2, 0.25) is 0 Å². The molecule has 2 bridgehead atoms. The molecule has 27 heavy (non-hydrogen) atoms. The number of benzene rings is 1. The summed E-state index contributed by atoms with van der Waals surface area (Å²) in [6, 6.07) is 10.9. The van der Waals surface area contributed by atoms with E-state index in [9.17, 15) is 4.79 Å². The van der Waals surface area contributed by atoms with Crippen molar-refractivity contribution >= 4 is 5.91 Å². The third-order valence-electron chi connectivity index (χ3n) is 6.52. The van der Waals surface area contributed by atoms with Gasteiger partial charge in [-0.3, -0.25) is 14.7 Å². The Hall–Kier alpha value is -2.20. The van der Waals surface area contributed by atoms with Gasteiger partial charge in [0.05, 0.1) is 0 Å². The Kier molecular flexibility index (Phi) is 4.44. The SMILES string of the molecule is O=C(c1ccc2c(c1)CCC2)N1C[C@H]2CC[C@@H]1CN(Cc1cccnc1)C2. The van der Waals surface area contributed by atoms with Gasteiger partial charge in [-0.1, -0.05) is 12.1 Å². The Morgan fingerprint density at radius 3 is 2.89 bits per heavy atom. The molecule has 1 amide bonds. The number of fused-ring (bicyclic) bond motifs is 5. The van der Waals surface area contributed by atoms with Gasteiger partial charge >= 0.3 is 0 Å². The minimum Gasteiger partial charge on any atom is -0.334 e. The van der Waals surface area contributed by atoms with Crippen molar-refractivity contribution in [1.82, 2.24) is 14.8 Å². The molecule has 140 valence electrons. The van der Waals surface area contributed by atoms with Crippen LogP contribution in [0, 0.1) is 5.92 Å². The minimum atomic E-state index is 0.239. The van der Waals surface area contributed by atoms with Crippen molar-refractivity contribution in [2.75, 3.05) is 19.6 Å². The smallest absolute Gasteiger partial charge is 0.254 e. The van der Waals surface area contributed by atoms with Crippen LogP contribution in [-0.4, -0.2) is 46.4 Å². The van der Waals surface area contributed by atoms with E-state index in [4.69, 9.17) is 0 Å². The molecule has 6 rings (SSSR count).